The maximum absolute atomic E-state index is 12.6. The fraction of sp³-hybridized carbons (Fsp3) is 0.579. The first kappa shape index (κ1) is 19.1. The highest BCUT2D eigenvalue weighted by Crippen LogP contribution is 2.29. The largest absolute Gasteiger partial charge is 0.508 e. The Balaban J connectivity index is 2.00. The molecule has 0 aromatic heterocycles. The van der Waals surface area contributed by atoms with Gasteiger partial charge in [0.15, 0.2) is 0 Å². The number of likely N-dealkylation sites (tertiary alicyclic amines) is 1. The van der Waals surface area contributed by atoms with Crippen molar-refractivity contribution in [2.24, 2.45) is 5.92 Å². The van der Waals surface area contributed by atoms with Gasteiger partial charge in [0.25, 0.3) is 0 Å². The van der Waals surface area contributed by atoms with Crippen molar-refractivity contribution in [3.8, 4) is 11.5 Å². The van der Waals surface area contributed by atoms with Crippen LogP contribution in [0.15, 0.2) is 18.2 Å². The fourth-order valence-electron chi connectivity index (χ4n) is 3.21. The number of ether oxygens (including phenoxy) is 1. The minimum Gasteiger partial charge on any atom is -0.508 e. The number of methoxy groups -OCH3 is 1. The van der Waals surface area contributed by atoms with Gasteiger partial charge in [-0.2, -0.15) is 0 Å². The lowest BCUT2D eigenvalue weighted by molar-refractivity contribution is -0.135. The molecule has 2 amide bonds. The van der Waals surface area contributed by atoms with E-state index in [2.05, 4.69) is 5.32 Å². The zero-order valence-electron chi connectivity index (χ0n) is 15.2. The van der Waals surface area contributed by atoms with Gasteiger partial charge in [0.05, 0.1) is 19.1 Å². The lowest BCUT2D eigenvalue weighted by Crippen LogP contribution is -2.45. The van der Waals surface area contributed by atoms with Crippen molar-refractivity contribution in [2.45, 2.75) is 45.6 Å². The number of carbonyl (C=O) groups is 2. The van der Waals surface area contributed by atoms with Crippen molar-refractivity contribution in [3.63, 3.8) is 0 Å². The lowest BCUT2D eigenvalue weighted by atomic mass is 9.96. The minimum atomic E-state index is -0.343. The first-order chi connectivity index (χ1) is 12.0. The van der Waals surface area contributed by atoms with Gasteiger partial charge in [-0.05, 0) is 44.4 Å². The van der Waals surface area contributed by atoms with E-state index in [9.17, 15) is 14.7 Å². The Kier molecular flexibility index (Phi) is 6.67. The van der Waals surface area contributed by atoms with E-state index in [1.54, 1.807) is 30.2 Å². The number of phenolic OH excluding ortho intramolecular Hbond substituents is 1. The van der Waals surface area contributed by atoms with Crippen molar-refractivity contribution >= 4 is 11.8 Å². The number of phenols is 1. The molecule has 0 unspecified atom stereocenters. The molecule has 2 N–H and O–H groups in total. The number of amides is 2. The third-order valence-electron chi connectivity index (χ3n) is 4.67. The number of nitrogens with zero attached hydrogens (tertiary/aromatic N) is 1. The maximum Gasteiger partial charge on any atom is 0.225 e. The number of piperidine rings is 1. The zero-order valence-corrected chi connectivity index (χ0v) is 15.2. The molecule has 0 saturated carbocycles. The molecule has 2 rings (SSSR count). The summed E-state index contributed by atoms with van der Waals surface area (Å²) < 4.78 is 5.18. The van der Waals surface area contributed by atoms with Gasteiger partial charge in [-0.3, -0.25) is 9.59 Å². The Morgan fingerprint density at radius 3 is 2.88 bits per heavy atom. The Morgan fingerprint density at radius 1 is 1.44 bits per heavy atom. The highest BCUT2D eigenvalue weighted by atomic mass is 16.5. The van der Waals surface area contributed by atoms with Crippen LogP contribution in [-0.2, 0) is 9.59 Å². The van der Waals surface area contributed by atoms with E-state index in [0.717, 1.165) is 25.8 Å². The van der Waals surface area contributed by atoms with Gasteiger partial charge in [-0.1, -0.05) is 6.92 Å². The zero-order chi connectivity index (χ0) is 18.4. The van der Waals surface area contributed by atoms with E-state index in [-0.39, 0.29) is 29.5 Å². The van der Waals surface area contributed by atoms with Crippen LogP contribution in [0.4, 0.5) is 0 Å². The van der Waals surface area contributed by atoms with Crippen LogP contribution in [0.5, 0.6) is 11.5 Å². The number of carbonyl (C=O) groups excluding carboxylic acids is 2. The molecule has 1 aromatic rings. The summed E-state index contributed by atoms with van der Waals surface area (Å²) in [5.41, 5.74) is 0.613. The van der Waals surface area contributed by atoms with Crippen LogP contribution in [0, 0.1) is 5.92 Å². The molecule has 6 nitrogen and oxygen atoms in total. The first-order valence-electron chi connectivity index (χ1n) is 8.91. The van der Waals surface area contributed by atoms with Crippen LogP contribution in [0.25, 0.3) is 0 Å². The molecule has 1 aromatic carbocycles. The highest BCUT2D eigenvalue weighted by molar-refractivity contribution is 5.81. The Bertz CT molecular complexity index is 617. The standard InChI is InChI=1S/C19H28N2O4/c1-4-6-18(23)21-10-5-7-14(12-21)19(24)20-13(2)16-11-15(25-3)8-9-17(16)22/h8-9,11,13-14,22H,4-7,10,12H2,1-3H3,(H,20,24)/t13-,14+/m0/s1. The third-order valence-corrected chi connectivity index (χ3v) is 4.67. The molecule has 1 aliphatic rings. The van der Waals surface area contributed by atoms with Crippen LogP contribution < -0.4 is 10.1 Å². The van der Waals surface area contributed by atoms with Gasteiger partial charge in [-0.25, -0.2) is 0 Å². The average Bonchev–Trinajstić information content (AvgIpc) is 2.62. The van der Waals surface area contributed by atoms with Crippen LogP contribution in [-0.4, -0.2) is 42.0 Å². The monoisotopic (exact) mass is 348 g/mol. The quantitative estimate of drug-likeness (QED) is 0.828. The molecule has 2 atom stereocenters. The molecular weight excluding hydrogens is 320 g/mol. The lowest BCUT2D eigenvalue weighted by Gasteiger charge is -2.32. The number of benzene rings is 1. The summed E-state index contributed by atoms with van der Waals surface area (Å²) in [4.78, 5) is 26.5. The number of hydrogen-bond acceptors (Lipinski definition) is 4. The molecule has 1 heterocycles. The van der Waals surface area contributed by atoms with Crippen LogP contribution in [0.1, 0.15) is 51.1 Å². The second-order valence-corrected chi connectivity index (χ2v) is 6.58. The Labute approximate surface area is 149 Å². The second kappa shape index (κ2) is 8.74. The topological polar surface area (TPSA) is 78.9 Å². The van der Waals surface area contributed by atoms with E-state index in [1.807, 2.05) is 13.8 Å². The van der Waals surface area contributed by atoms with Gasteiger partial charge in [0.1, 0.15) is 11.5 Å². The normalized spacial score (nSPS) is 18.5. The van der Waals surface area contributed by atoms with Crippen molar-refractivity contribution in [2.75, 3.05) is 20.2 Å². The summed E-state index contributed by atoms with van der Waals surface area (Å²) in [6.07, 6.45) is 2.96. The van der Waals surface area contributed by atoms with Crippen LogP contribution in [0.2, 0.25) is 0 Å². The molecule has 1 saturated heterocycles. The third kappa shape index (κ3) is 4.87. The summed E-state index contributed by atoms with van der Waals surface area (Å²) in [5.74, 6) is 0.590. The van der Waals surface area contributed by atoms with E-state index >= 15 is 0 Å². The molecule has 138 valence electrons. The van der Waals surface area contributed by atoms with Gasteiger partial charge < -0.3 is 20.1 Å². The molecule has 1 fully saturated rings. The van der Waals surface area contributed by atoms with Gasteiger partial charge in [0.2, 0.25) is 11.8 Å². The first-order valence-corrected chi connectivity index (χ1v) is 8.91. The van der Waals surface area contributed by atoms with Gasteiger partial charge >= 0.3 is 0 Å². The van der Waals surface area contributed by atoms with Gasteiger partial charge in [0, 0.05) is 25.1 Å². The average molecular weight is 348 g/mol. The minimum absolute atomic E-state index is 0.0799. The SMILES string of the molecule is CCCC(=O)N1CCC[C@@H](C(=O)N[C@@H](C)c2cc(OC)ccc2O)C1. The molecular formula is C19H28N2O4. The van der Waals surface area contributed by atoms with Crippen molar-refractivity contribution in [1.29, 1.82) is 0 Å². The number of hydrogen-bond donors (Lipinski definition) is 2. The van der Waals surface area contributed by atoms with Crippen molar-refractivity contribution in [1.82, 2.24) is 10.2 Å². The summed E-state index contributed by atoms with van der Waals surface area (Å²) >= 11 is 0. The summed E-state index contributed by atoms with van der Waals surface area (Å²) in [5, 5.41) is 13.0. The number of nitrogens with one attached hydrogen (secondary N) is 1. The Hall–Kier alpha value is -2.24. The molecule has 0 aliphatic carbocycles. The predicted molar refractivity (Wildman–Crippen MR) is 95.4 cm³/mol. The molecule has 6 heteroatoms. The fourth-order valence-corrected chi connectivity index (χ4v) is 3.21. The van der Waals surface area contributed by atoms with Crippen molar-refractivity contribution < 1.29 is 19.4 Å². The van der Waals surface area contributed by atoms with Crippen LogP contribution in [0.3, 0.4) is 0 Å². The molecule has 25 heavy (non-hydrogen) atoms. The van der Waals surface area contributed by atoms with E-state index in [0.29, 0.717) is 24.3 Å². The summed E-state index contributed by atoms with van der Waals surface area (Å²) in [7, 11) is 1.56. The molecule has 0 bridgehead atoms. The smallest absolute Gasteiger partial charge is 0.225 e. The molecule has 0 radical (unpaired) electrons. The molecule has 0 spiro atoms. The highest BCUT2D eigenvalue weighted by Gasteiger charge is 2.29. The summed E-state index contributed by atoms with van der Waals surface area (Å²) in [6.45, 7) is 5.01. The number of rotatable bonds is 6. The van der Waals surface area contributed by atoms with E-state index in [4.69, 9.17) is 4.74 Å². The van der Waals surface area contributed by atoms with Crippen LogP contribution >= 0.6 is 0 Å². The molecule has 1 aliphatic heterocycles. The second-order valence-electron chi connectivity index (χ2n) is 6.58. The number of aromatic hydroxyl groups is 1. The van der Waals surface area contributed by atoms with E-state index in [1.165, 1.54) is 0 Å². The van der Waals surface area contributed by atoms with Gasteiger partial charge in [-0.15, -0.1) is 0 Å². The van der Waals surface area contributed by atoms with E-state index < -0.39 is 0 Å². The summed E-state index contributed by atoms with van der Waals surface area (Å²) in [6, 6.07) is 4.61. The van der Waals surface area contributed by atoms with Crippen molar-refractivity contribution in [3.05, 3.63) is 23.8 Å². The Morgan fingerprint density at radius 2 is 2.20 bits per heavy atom. The predicted octanol–water partition coefficient (Wildman–Crippen LogP) is 2.62. The maximum atomic E-state index is 12.6.